The predicted molar refractivity (Wildman–Crippen MR) is 143 cm³/mol. The molecule has 34 heavy (non-hydrogen) atoms. The largest absolute Gasteiger partial charge is 0.482 e. The number of anilines is 1. The summed E-state index contributed by atoms with van der Waals surface area (Å²) in [6, 6.07) is 21.4. The fourth-order valence-corrected chi connectivity index (χ4v) is 5.33. The molecule has 0 aliphatic carbocycles. The maximum atomic E-state index is 10.8. The van der Waals surface area contributed by atoms with E-state index in [0.29, 0.717) is 17.6 Å². The molecule has 1 atom stereocenters. The first kappa shape index (κ1) is 25.7. The lowest BCUT2D eigenvalue weighted by Crippen LogP contribution is -2.16. The number of benzene rings is 3. The molecule has 1 N–H and O–H groups in total. The number of nitrogens with zero attached hydrogens (tertiary/aromatic N) is 1. The average molecular weight is 478 g/mol. The van der Waals surface area contributed by atoms with Crippen LogP contribution < -0.4 is 9.04 Å². The van der Waals surface area contributed by atoms with Crippen molar-refractivity contribution in [2.24, 2.45) is 5.92 Å². The van der Waals surface area contributed by atoms with Gasteiger partial charge in [0.05, 0.1) is 5.69 Å². The van der Waals surface area contributed by atoms with E-state index in [1.807, 2.05) is 32.9 Å². The molecule has 3 aromatic carbocycles. The number of aryl methyl sites for hydroxylation is 2. The molecule has 0 aromatic heterocycles. The van der Waals surface area contributed by atoms with Gasteiger partial charge in [0.15, 0.2) is 6.61 Å². The van der Waals surface area contributed by atoms with Gasteiger partial charge >= 0.3 is 5.97 Å². The highest BCUT2D eigenvalue weighted by molar-refractivity contribution is 8.00. The number of aliphatic carboxylic acids is 1. The Morgan fingerprint density at radius 1 is 1.06 bits per heavy atom. The number of rotatable bonds is 7. The molecule has 0 radical (unpaired) electrons. The standard InChI is InChI=1S/C27H29NO3S.C2H6/c1-17(2)24-15-28(32-22-9-11-26(19(4)13-22)31-16-27(29)30)25-10-8-21(14-23(24)25)20-7-5-6-18(3)12-20;1-2/h5-14,17,24H,15-16H2,1-4H3,(H,29,30);1-2H3. The molecule has 0 fully saturated rings. The molecular formula is C29H35NO3S. The quantitative estimate of drug-likeness (QED) is 0.353. The number of hydrogen-bond donors (Lipinski definition) is 1. The minimum absolute atomic E-state index is 0.327. The van der Waals surface area contributed by atoms with Crippen LogP contribution in [0.3, 0.4) is 0 Å². The molecule has 0 spiro atoms. The van der Waals surface area contributed by atoms with Gasteiger partial charge in [-0.2, -0.15) is 0 Å². The maximum Gasteiger partial charge on any atom is 0.341 e. The summed E-state index contributed by atoms with van der Waals surface area (Å²) in [5.41, 5.74) is 7.41. The van der Waals surface area contributed by atoms with Crippen molar-refractivity contribution in [1.29, 1.82) is 0 Å². The van der Waals surface area contributed by atoms with E-state index in [0.717, 1.165) is 17.0 Å². The van der Waals surface area contributed by atoms with E-state index in [1.165, 1.54) is 27.9 Å². The van der Waals surface area contributed by atoms with E-state index >= 15 is 0 Å². The molecule has 4 rings (SSSR count). The molecular weight excluding hydrogens is 442 g/mol. The van der Waals surface area contributed by atoms with Crippen LogP contribution in [0.2, 0.25) is 0 Å². The van der Waals surface area contributed by atoms with E-state index in [4.69, 9.17) is 9.84 Å². The van der Waals surface area contributed by atoms with Crippen molar-refractivity contribution < 1.29 is 14.6 Å². The lowest BCUT2D eigenvalue weighted by molar-refractivity contribution is -0.139. The van der Waals surface area contributed by atoms with Crippen molar-refractivity contribution >= 4 is 23.6 Å². The van der Waals surface area contributed by atoms with Gasteiger partial charge in [0.25, 0.3) is 0 Å². The van der Waals surface area contributed by atoms with Crippen molar-refractivity contribution in [2.45, 2.75) is 52.4 Å². The maximum absolute atomic E-state index is 10.8. The van der Waals surface area contributed by atoms with Crippen LogP contribution in [0, 0.1) is 19.8 Å². The van der Waals surface area contributed by atoms with Crippen molar-refractivity contribution in [1.82, 2.24) is 0 Å². The Labute approximate surface area is 208 Å². The highest BCUT2D eigenvalue weighted by atomic mass is 32.2. The molecule has 1 aliphatic rings. The first-order chi connectivity index (χ1) is 16.3. The lowest BCUT2D eigenvalue weighted by Gasteiger charge is -2.20. The minimum Gasteiger partial charge on any atom is -0.482 e. The zero-order valence-electron chi connectivity index (χ0n) is 21.0. The SMILES string of the molecule is CC.Cc1cccc(-c2ccc3c(c2)C(C(C)C)CN3Sc2ccc(OCC(=O)O)c(C)c2)c1. The van der Waals surface area contributed by atoms with Crippen LogP contribution in [0.5, 0.6) is 5.75 Å². The second-order valence-electron chi connectivity index (χ2n) is 8.76. The molecule has 1 heterocycles. The van der Waals surface area contributed by atoms with Gasteiger partial charge in [-0.15, -0.1) is 0 Å². The van der Waals surface area contributed by atoms with Gasteiger partial charge in [-0.3, -0.25) is 0 Å². The van der Waals surface area contributed by atoms with Crippen LogP contribution in [0.25, 0.3) is 11.1 Å². The van der Waals surface area contributed by atoms with Crippen LogP contribution in [0.4, 0.5) is 5.69 Å². The molecule has 1 unspecified atom stereocenters. The molecule has 0 amide bonds. The lowest BCUT2D eigenvalue weighted by atomic mass is 9.88. The van der Waals surface area contributed by atoms with Crippen LogP contribution >= 0.6 is 11.9 Å². The van der Waals surface area contributed by atoms with E-state index in [1.54, 1.807) is 11.9 Å². The van der Waals surface area contributed by atoms with E-state index < -0.39 is 5.97 Å². The first-order valence-electron chi connectivity index (χ1n) is 11.9. The fourth-order valence-electron chi connectivity index (χ4n) is 4.22. The van der Waals surface area contributed by atoms with Gasteiger partial charge in [-0.1, -0.05) is 63.6 Å². The summed E-state index contributed by atoms with van der Waals surface area (Å²) in [7, 11) is 0. The van der Waals surface area contributed by atoms with Gasteiger partial charge in [0, 0.05) is 17.4 Å². The Morgan fingerprint density at radius 2 is 1.79 bits per heavy atom. The second kappa shape index (κ2) is 11.5. The Balaban J connectivity index is 0.00000158. The zero-order chi connectivity index (χ0) is 24.8. The van der Waals surface area contributed by atoms with Crippen molar-refractivity contribution in [3.63, 3.8) is 0 Å². The summed E-state index contributed by atoms with van der Waals surface area (Å²) in [6.45, 7) is 13.3. The number of ether oxygens (including phenoxy) is 1. The van der Waals surface area contributed by atoms with Crippen LogP contribution in [0.15, 0.2) is 65.6 Å². The van der Waals surface area contributed by atoms with Crippen molar-refractivity contribution in [2.75, 3.05) is 17.5 Å². The fraction of sp³-hybridized carbons (Fsp3) is 0.345. The molecule has 4 nitrogen and oxygen atoms in total. The monoisotopic (exact) mass is 477 g/mol. The minimum atomic E-state index is -0.971. The van der Waals surface area contributed by atoms with Gasteiger partial charge in [0.1, 0.15) is 5.75 Å². The summed E-state index contributed by atoms with van der Waals surface area (Å²) in [4.78, 5) is 11.9. The molecule has 1 aliphatic heterocycles. The third-order valence-corrected chi connectivity index (χ3v) is 6.96. The number of carboxylic acids is 1. The number of carboxylic acid groups (broad SMARTS) is 1. The smallest absolute Gasteiger partial charge is 0.341 e. The zero-order valence-corrected chi connectivity index (χ0v) is 21.8. The summed E-state index contributed by atoms with van der Waals surface area (Å²) < 4.78 is 7.75. The topological polar surface area (TPSA) is 49.8 Å². The van der Waals surface area contributed by atoms with Crippen LogP contribution in [0.1, 0.15) is 50.3 Å². The second-order valence-corrected chi connectivity index (χ2v) is 9.85. The number of fused-ring (bicyclic) bond motifs is 1. The number of hydrogen-bond acceptors (Lipinski definition) is 4. The normalized spacial score (nSPS) is 14.4. The Kier molecular flexibility index (Phi) is 8.67. The molecule has 5 heteroatoms. The highest BCUT2D eigenvalue weighted by Gasteiger charge is 2.31. The first-order valence-corrected chi connectivity index (χ1v) is 12.7. The molecule has 0 saturated carbocycles. The van der Waals surface area contributed by atoms with Gasteiger partial charge in [-0.25, -0.2) is 4.79 Å². The van der Waals surface area contributed by atoms with E-state index in [2.05, 4.69) is 73.6 Å². The van der Waals surface area contributed by atoms with E-state index in [9.17, 15) is 4.79 Å². The third-order valence-electron chi connectivity index (χ3n) is 5.93. The Morgan fingerprint density at radius 3 is 2.44 bits per heavy atom. The van der Waals surface area contributed by atoms with Crippen molar-refractivity contribution in [3.8, 4) is 16.9 Å². The summed E-state index contributed by atoms with van der Waals surface area (Å²) in [6.07, 6.45) is 0. The molecule has 180 valence electrons. The van der Waals surface area contributed by atoms with Gasteiger partial charge < -0.3 is 14.1 Å². The number of carbonyl (C=O) groups is 1. The summed E-state index contributed by atoms with van der Waals surface area (Å²) in [5, 5.41) is 8.84. The third kappa shape index (κ3) is 5.95. The summed E-state index contributed by atoms with van der Waals surface area (Å²) in [5.74, 6) is 0.657. The van der Waals surface area contributed by atoms with Crippen LogP contribution in [-0.2, 0) is 4.79 Å². The van der Waals surface area contributed by atoms with Crippen LogP contribution in [-0.4, -0.2) is 24.2 Å². The molecule has 0 bridgehead atoms. The molecule has 3 aromatic rings. The highest BCUT2D eigenvalue weighted by Crippen LogP contribution is 2.46. The molecule has 0 saturated heterocycles. The van der Waals surface area contributed by atoms with Gasteiger partial charge in [0.2, 0.25) is 0 Å². The summed E-state index contributed by atoms with van der Waals surface area (Å²) >= 11 is 1.73. The Bertz CT molecular complexity index is 1140. The van der Waals surface area contributed by atoms with Gasteiger partial charge in [-0.05, 0) is 84.3 Å². The van der Waals surface area contributed by atoms with E-state index in [-0.39, 0.29) is 6.61 Å². The predicted octanol–water partition coefficient (Wildman–Crippen LogP) is 7.73. The Hall–Kier alpha value is -2.92. The average Bonchev–Trinajstić information content (AvgIpc) is 3.17. The van der Waals surface area contributed by atoms with Crippen molar-refractivity contribution in [3.05, 3.63) is 77.4 Å².